The Morgan fingerprint density at radius 1 is 1.17 bits per heavy atom. The van der Waals surface area contributed by atoms with Gasteiger partial charge in [-0.2, -0.15) is 0 Å². The van der Waals surface area contributed by atoms with Crippen LogP contribution in [0.2, 0.25) is 0 Å². The van der Waals surface area contributed by atoms with Crippen molar-refractivity contribution in [3.8, 4) is 0 Å². The first-order valence-electron chi connectivity index (χ1n) is 6.05. The normalized spacial score (nSPS) is 12.3. The molecular formula is C14H16FN3. The maximum atomic E-state index is 13.7. The lowest BCUT2D eigenvalue weighted by atomic mass is 10.1. The number of nitrogens with one attached hydrogen (secondary N) is 1. The number of halogens is 1. The summed E-state index contributed by atoms with van der Waals surface area (Å²) in [4.78, 5) is 8.39. The Kier molecular flexibility index (Phi) is 4.36. The number of pyridine rings is 2. The molecule has 2 aromatic heterocycles. The number of hydrogen-bond acceptors (Lipinski definition) is 3. The van der Waals surface area contributed by atoms with E-state index in [1.807, 2.05) is 25.1 Å². The van der Waals surface area contributed by atoms with Crippen LogP contribution in [0.15, 0.2) is 42.7 Å². The number of likely N-dealkylation sites (N-methyl/N-ethyl adjacent to an activating group) is 1. The maximum Gasteiger partial charge on any atom is 0.146 e. The molecule has 3 nitrogen and oxygen atoms in total. The summed E-state index contributed by atoms with van der Waals surface area (Å²) in [5.41, 5.74) is 1.37. The summed E-state index contributed by atoms with van der Waals surface area (Å²) >= 11 is 0. The van der Waals surface area contributed by atoms with Crippen LogP contribution in [0.5, 0.6) is 0 Å². The van der Waals surface area contributed by atoms with E-state index in [2.05, 4.69) is 15.3 Å². The van der Waals surface area contributed by atoms with Crippen LogP contribution in [-0.4, -0.2) is 16.5 Å². The minimum Gasteiger partial charge on any atom is -0.308 e. The SMILES string of the molecule is CCNC(Cc1ccccn1)c1ncccc1F. The molecule has 0 aliphatic rings. The summed E-state index contributed by atoms with van der Waals surface area (Å²) in [7, 11) is 0. The van der Waals surface area contributed by atoms with Gasteiger partial charge in [-0.3, -0.25) is 9.97 Å². The number of nitrogens with zero attached hydrogens (tertiary/aromatic N) is 2. The molecule has 1 unspecified atom stereocenters. The van der Waals surface area contributed by atoms with Gasteiger partial charge in [0.1, 0.15) is 5.82 Å². The first-order valence-corrected chi connectivity index (χ1v) is 6.05. The average Bonchev–Trinajstić information content (AvgIpc) is 2.40. The van der Waals surface area contributed by atoms with E-state index in [0.717, 1.165) is 12.2 Å². The Bertz CT molecular complexity index is 487. The Labute approximate surface area is 106 Å². The van der Waals surface area contributed by atoms with Crippen LogP contribution in [0.3, 0.4) is 0 Å². The predicted octanol–water partition coefficient (Wildman–Crippen LogP) is 2.51. The molecule has 0 saturated heterocycles. The van der Waals surface area contributed by atoms with Gasteiger partial charge in [-0.15, -0.1) is 0 Å². The van der Waals surface area contributed by atoms with Crippen molar-refractivity contribution in [3.05, 3.63) is 59.9 Å². The van der Waals surface area contributed by atoms with Crippen molar-refractivity contribution >= 4 is 0 Å². The molecule has 0 radical (unpaired) electrons. The van der Waals surface area contributed by atoms with Gasteiger partial charge >= 0.3 is 0 Å². The van der Waals surface area contributed by atoms with Gasteiger partial charge in [-0.25, -0.2) is 4.39 Å². The van der Waals surface area contributed by atoms with E-state index in [1.165, 1.54) is 6.07 Å². The van der Waals surface area contributed by atoms with E-state index in [1.54, 1.807) is 18.5 Å². The minimum atomic E-state index is -0.278. The third kappa shape index (κ3) is 3.11. The molecule has 0 saturated carbocycles. The monoisotopic (exact) mass is 245 g/mol. The first-order chi connectivity index (χ1) is 8.81. The van der Waals surface area contributed by atoms with Crippen molar-refractivity contribution in [2.45, 2.75) is 19.4 Å². The predicted molar refractivity (Wildman–Crippen MR) is 68.6 cm³/mol. The van der Waals surface area contributed by atoms with Gasteiger partial charge in [0.05, 0.1) is 11.7 Å². The second-order valence-corrected chi connectivity index (χ2v) is 4.01. The molecule has 0 aliphatic heterocycles. The Balaban J connectivity index is 2.21. The number of aromatic nitrogens is 2. The van der Waals surface area contributed by atoms with E-state index >= 15 is 0 Å². The lowest BCUT2D eigenvalue weighted by molar-refractivity contribution is 0.491. The van der Waals surface area contributed by atoms with Crippen molar-refractivity contribution in [1.29, 1.82) is 0 Å². The van der Waals surface area contributed by atoms with Crippen molar-refractivity contribution < 1.29 is 4.39 Å². The molecule has 2 rings (SSSR count). The first kappa shape index (κ1) is 12.6. The highest BCUT2D eigenvalue weighted by Gasteiger charge is 2.16. The summed E-state index contributed by atoms with van der Waals surface area (Å²) in [5.74, 6) is -0.278. The van der Waals surface area contributed by atoms with E-state index in [0.29, 0.717) is 12.1 Å². The zero-order valence-corrected chi connectivity index (χ0v) is 10.3. The molecule has 4 heteroatoms. The molecule has 0 bridgehead atoms. The van der Waals surface area contributed by atoms with Crippen molar-refractivity contribution in [2.24, 2.45) is 0 Å². The zero-order valence-electron chi connectivity index (χ0n) is 10.3. The highest BCUT2D eigenvalue weighted by Crippen LogP contribution is 2.17. The van der Waals surface area contributed by atoms with E-state index in [9.17, 15) is 4.39 Å². The Morgan fingerprint density at radius 3 is 2.67 bits per heavy atom. The van der Waals surface area contributed by atoms with Crippen molar-refractivity contribution in [3.63, 3.8) is 0 Å². The third-order valence-electron chi connectivity index (χ3n) is 2.71. The fourth-order valence-electron chi connectivity index (χ4n) is 1.89. The lowest BCUT2D eigenvalue weighted by Gasteiger charge is -2.17. The molecular weight excluding hydrogens is 229 g/mol. The number of hydrogen-bond donors (Lipinski definition) is 1. The highest BCUT2D eigenvalue weighted by atomic mass is 19.1. The summed E-state index contributed by atoms with van der Waals surface area (Å²) in [5, 5.41) is 3.25. The molecule has 0 amide bonds. The van der Waals surface area contributed by atoms with Gasteiger partial charge in [0.25, 0.3) is 0 Å². The lowest BCUT2D eigenvalue weighted by Crippen LogP contribution is -2.25. The molecule has 1 atom stereocenters. The molecule has 94 valence electrons. The van der Waals surface area contributed by atoms with Crippen LogP contribution in [0, 0.1) is 5.82 Å². The van der Waals surface area contributed by atoms with Gasteiger partial charge in [-0.05, 0) is 30.8 Å². The average molecular weight is 245 g/mol. The molecule has 0 aliphatic carbocycles. The number of rotatable bonds is 5. The molecule has 2 aromatic rings. The third-order valence-corrected chi connectivity index (χ3v) is 2.71. The minimum absolute atomic E-state index is 0.147. The van der Waals surface area contributed by atoms with Crippen LogP contribution in [0.25, 0.3) is 0 Å². The largest absolute Gasteiger partial charge is 0.308 e. The topological polar surface area (TPSA) is 37.8 Å². The van der Waals surface area contributed by atoms with Crippen molar-refractivity contribution in [2.75, 3.05) is 6.54 Å². The summed E-state index contributed by atoms with van der Waals surface area (Å²) < 4.78 is 13.7. The molecule has 2 heterocycles. The maximum absolute atomic E-state index is 13.7. The molecule has 0 aromatic carbocycles. The van der Waals surface area contributed by atoms with Gasteiger partial charge in [0, 0.05) is 24.5 Å². The van der Waals surface area contributed by atoms with Crippen LogP contribution < -0.4 is 5.32 Å². The zero-order chi connectivity index (χ0) is 12.8. The van der Waals surface area contributed by atoms with Crippen LogP contribution in [0.1, 0.15) is 24.4 Å². The Hall–Kier alpha value is -1.81. The summed E-state index contributed by atoms with van der Waals surface area (Å²) in [6.45, 7) is 2.75. The summed E-state index contributed by atoms with van der Waals surface area (Å²) in [6, 6.07) is 8.62. The fourth-order valence-corrected chi connectivity index (χ4v) is 1.89. The Morgan fingerprint density at radius 2 is 2.00 bits per heavy atom. The second kappa shape index (κ2) is 6.21. The van der Waals surface area contributed by atoms with Gasteiger partial charge in [0.15, 0.2) is 0 Å². The molecule has 0 spiro atoms. The van der Waals surface area contributed by atoms with Gasteiger partial charge < -0.3 is 5.32 Å². The molecule has 18 heavy (non-hydrogen) atoms. The second-order valence-electron chi connectivity index (χ2n) is 4.01. The quantitative estimate of drug-likeness (QED) is 0.879. The highest BCUT2D eigenvalue weighted by molar-refractivity contribution is 5.15. The van der Waals surface area contributed by atoms with E-state index in [4.69, 9.17) is 0 Å². The molecule has 1 N–H and O–H groups in total. The standard InChI is InChI=1S/C14H16FN3/c1-2-16-13(10-11-6-3-4-8-17-11)14-12(15)7-5-9-18-14/h3-9,13,16H,2,10H2,1H3. The summed E-state index contributed by atoms with van der Waals surface area (Å²) in [6.07, 6.45) is 3.98. The smallest absolute Gasteiger partial charge is 0.146 e. The van der Waals surface area contributed by atoms with E-state index < -0.39 is 0 Å². The van der Waals surface area contributed by atoms with Crippen molar-refractivity contribution in [1.82, 2.24) is 15.3 Å². The van der Waals surface area contributed by atoms with Crippen LogP contribution in [-0.2, 0) is 6.42 Å². The van der Waals surface area contributed by atoms with E-state index in [-0.39, 0.29) is 11.9 Å². The van der Waals surface area contributed by atoms with Gasteiger partial charge in [0.2, 0.25) is 0 Å². The van der Waals surface area contributed by atoms with Crippen LogP contribution in [0.4, 0.5) is 4.39 Å². The fraction of sp³-hybridized carbons (Fsp3) is 0.286. The van der Waals surface area contributed by atoms with Gasteiger partial charge in [-0.1, -0.05) is 13.0 Å². The van der Waals surface area contributed by atoms with Crippen LogP contribution >= 0.6 is 0 Å². The molecule has 0 fully saturated rings.